The first-order chi connectivity index (χ1) is 6.74. The van der Waals surface area contributed by atoms with Crippen molar-refractivity contribution in [3.63, 3.8) is 0 Å². The Morgan fingerprint density at radius 1 is 1.43 bits per heavy atom. The maximum Gasteiger partial charge on any atom is 0.241 e. The van der Waals surface area contributed by atoms with Gasteiger partial charge in [-0.15, -0.1) is 0 Å². The Morgan fingerprint density at radius 2 is 2.07 bits per heavy atom. The summed E-state index contributed by atoms with van der Waals surface area (Å²) in [7, 11) is 0. The van der Waals surface area contributed by atoms with Gasteiger partial charge >= 0.3 is 0 Å². The molecule has 76 valence electrons. The number of hydrogen-bond donors (Lipinski definition) is 2. The van der Waals surface area contributed by atoms with Crippen LogP contribution < -0.4 is 11.1 Å². The Hall–Kier alpha value is -1.35. The molecule has 0 aliphatic rings. The van der Waals surface area contributed by atoms with Crippen molar-refractivity contribution in [3.8, 4) is 0 Å². The SMILES string of the molecule is CCC[C@@H](N)C(=O)Nc1ccccc1. The van der Waals surface area contributed by atoms with E-state index in [2.05, 4.69) is 5.32 Å². The molecule has 0 unspecified atom stereocenters. The molecule has 3 N–H and O–H groups in total. The zero-order valence-corrected chi connectivity index (χ0v) is 8.36. The Labute approximate surface area is 84.3 Å². The van der Waals surface area contributed by atoms with Crippen molar-refractivity contribution >= 4 is 11.6 Å². The number of para-hydroxylation sites is 1. The fourth-order valence-electron chi connectivity index (χ4n) is 1.20. The molecule has 0 radical (unpaired) electrons. The number of nitrogens with two attached hydrogens (primary N) is 1. The van der Waals surface area contributed by atoms with E-state index in [0.29, 0.717) is 0 Å². The van der Waals surface area contributed by atoms with Gasteiger partial charge in [-0.25, -0.2) is 0 Å². The first kappa shape index (κ1) is 10.7. The lowest BCUT2D eigenvalue weighted by Gasteiger charge is -2.10. The lowest BCUT2D eigenvalue weighted by Crippen LogP contribution is -2.35. The van der Waals surface area contributed by atoms with Gasteiger partial charge in [0.05, 0.1) is 6.04 Å². The van der Waals surface area contributed by atoms with E-state index in [1.165, 1.54) is 0 Å². The summed E-state index contributed by atoms with van der Waals surface area (Å²) in [5.41, 5.74) is 6.46. The summed E-state index contributed by atoms with van der Waals surface area (Å²) >= 11 is 0. The molecule has 0 aliphatic heterocycles. The Balaban J connectivity index is 2.49. The van der Waals surface area contributed by atoms with E-state index < -0.39 is 6.04 Å². The molecule has 1 atom stereocenters. The van der Waals surface area contributed by atoms with Crippen molar-refractivity contribution in [2.24, 2.45) is 5.73 Å². The Kier molecular flexibility index (Phi) is 4.13. The molecule has 0 aromatic heterocycles. The minimum absolute atomic E-state index is 0.113. The summed E-state index contributed by atoms with van der Waals surface area (Å²) in [5.74, 6) is -0.113. The van der Waals surface area contributed by atoms with E-state index in [0.717, 1.165) is 18.5 Å². The molecule has 3 heteroatoms. The normalized spacial score (nSPS) is 12.1. The van der Waals surface area contributed by atoms with Gasteiger partial charge in [-0.1, -0.05) is 31.5 Å². The van der Waals surface area contributed by atoms with Crippen LogP contribution in [0.4, 0.5) is 5.69 Å². The van der Waals surface area contributed by atoms with E-state index in [4.69, 9.17) is 5.73 Å². The van der Waals surface area contributed by atoms with Crippen LogP contribution >= 0.6 is 0 Å². The molecule has 1 rings (SSSR count). The largest absolute Gasteiger partial charge is 0.325 e. The standard InChI is InChI=1S/C11H16N2O/c1-2-6-10(12)11(14)13-9-7-4-3-5-8-9/h3-5,7-8,10H,2,6,12H2,1H3,(H,13,14)/t10-/m1/s1. The van der Waals surface area contributed by atoms with Gasteiger partial charge in [0, 0.05) is 5.69 Å². The topological polar surface area (TPSA) is 55.1 Å². The summed E-state index contributed by atoms with van der Waals surface area (Å²) in [6.07, 6.45) is 1.64. The highest BCUT2D eigenvalue weighted by molar-refractivity contribution is 5.94. The predicted octanol–water partition coefficient (Wildman–Crippen LogP) is 1.75. The highest BCUT2D eigenvalue weighted by atomic mass is 16.2. The second-order valence-corrected chi connectivity index (χ2v) is 3.25. The second-order valence-electron chi connectivity index (χ2n) is 3.25. The van der Waals surface area contributed by atoms with E-state index in [9.17, 15) is 4.79 Å². The number of anilines is 1. The van der Waals surface area contributed by atoms with Crippen molar-refractivity contribution < 1.29 is 4.79 Å². The maximum atomic E-state index is 11.5. The first-order valence-electron chi connectivity index (χ1n) is 4.85. The molecule has 0 saturated carbocycles. The smallest absolute Gasteiger partial charge is 0.241 e. The molecule has 0 fully saturated rings. The van der Waals surface area contributed by atoms with Crippen LogP contribution in [0.15, 0.2) is 30.3 Å². The highest BCUT2D eigenvalue weighted by Crippen LogP contribution is 2.06. The van der Waals surface area contributed by atoms with Gasteiger partial charge in [-0.2, -0.15) is 0 Å². The number of carbonyl (C=O) groups excluding carboxylic acids is 1. The highest BCUT2D eigenvalue weighted by Gasteiger charge is 2.11. The number of amides is 1. The summed E-state index contributed by atoms with van der Waals surface area (Å²) in [5, 5.41) is 2.76. The van der Waals surface area contributed by atoms with Gasteiger partial charge in [-0.3, -0.25) is 4.79 Å². The monoisotopic (exact) mass is 192 g/mol. The molecular formula is C11H16N2O. The molecule has 1 amide bonds. The van der Waals surface area contributed by atoms with Crippen LogP contribution in [0.5, 0.6) is 0 Å². The van der Waals surface area contributed by atoms with Gasteiger partial charge in [-0.05, 0) is 18.6 Å². The molecule has 1 aromatic rings. The maximum absolute atomic E-state index is 11.5. The van der Waals surface area contributed by atoms with Gasteiger partial charge < -0.3 is 11.1 Å². The molecular weight excluding hydrogens is 176 g/mol. The lowest BCUT2D eigenvalue weighted by atomic mass is 10.1. The van der Waals surface area contributed by atoms with Gasteiger partial charge in [0.1, 0.15) is 0 Å². The van der Waals surface area contributed by atoms with E-state index >= 15 is 0 Å². The third-order valence-corrected chi connectivity index (χ3v) is 1.98. The second kappa shape index (κ2) is 5.40. The van der Waals surface area contributed by atoms with Crippen molar-refractivity contribution in [2.75, 3.05) is 5.32 Å². The average Bonchev–Trinajstić information content (AvgIpc) is 2.19. The van der Waals surface area contributed by atoms with Crippen molar-refractivity contribution in [2.45, 2.75) is 25.8 Å². The Bertz CT molecular complexity index is 285. The minimum Gasteiger partial charge on any atom is -0.325 e. The average molecular weight is 192 g/mol. The number of rotatable bonds is 4. The Morgan fingerprint density at radius 3 is 2.64 bits per heavy atom. The van der Waals surface area contributed by atoms with Crippen LogP contribution in [0.2, 0.25) is 0 Å². The quantitative estimate of drug-likeness (QED) is 0.763. The van der Waals surface area contributed by atoms with Crippen LogP contribution in [0, 0.1) is 0 Å². The number of benzene rings is 1. The van der Waals surface area contributed by atoms with Crippen molar-refractivity contribution in [3.05, 3.63) is 30.3 Å². The fraction of sp³-hybridized carbons (Fsp3) is 0.364. The molecule has 0 saturated heterocycles. The summed E-state index contributed by atoms with van der Waals surface area (Å²) < 4.78 is 0. The molecule has 0 aliphatic carbocycles. The summed E-state index contributed by atoms with van der Waals surface area (Å²) in [6.45, 7) is 2.01. The lowest BCUT2D eigenvalue weighted by molar-refractivity contribution is -0.117. The van der Waals surface area contributed by atoms with E-state index in [1.807, 2.05) is 37.3 Å². The minimum atomic E-state index is -0.403. The number of hydrogen-bond acceptors (Lipinski definition) is 2. The zero-order chi connectivity index (χ0) is 10.4. The molecule has 0 bridgehead atoms. The fourth-order valence-corrected chi connectivity index (χ4v) is 1.20. The molecule has 0 heterocycles. The third kappa shape index (κ3) is 3.18. The van der Waals surface area contributed by atoms with Gasteiger partial charge in [0.2, 0.25) is 5.91 Å². The van der Waals surface area contributed by atoms with Gasteiger partial charge in [0.15, 0.2) is 0 Å². The molecule has 14 heavy (non-hydrogen) atoms. The number of carbonyl (C=O) groups is 1. The van der Waals surface area contributed by atoms with Crippen LogP contribution in [-0.4, -0.2) is 11.9 Å². The predicted molar refractivity (Wildman–Crippen MR) is 58.0 cm³/mol. The molecule has 3 nitrogen and oxygen atoms in total. The summed E-state index contributed by atoms with van der Waals surface area (Å²) in [6, 6.07) is 8.94. The van der Waals surface area contributed by atoms with E-state index in [-0.39, 0.29) is 5.91 Å². The third-order valence-electron chi connectivity index (χ3n) is 1.98. The van der Waals surface area contributed by atoms with Crippen molar-refractivity contribution in [1.29, 1.82) is 0 Å². The molecule has 0 spiro atoms. The van der Waals surface area contributed by atoms with Crippen LogP contribution in [0.3, 0.4) is 0 Å². The summed E-state index contributed by atoms with van der Waals surface area (Å²) in [4.78, 5) is 11.5. The number of nitrogens with one attached hydrogen (secondary N) is 1. The molecule has 1 aromatic carbocycles. The first-order valence-corrected chi connectivity index (χ1v) is 4.85. The van der Waals surface area contributed by atoms with Crippen LogP contribution in [-0.2, 0) is 4.79 Å². The van der Waals surface area contributed by atoms with Crippen molar-refractivity contribution in [1.82, 2.24) is 0 Å². The van der Waals surface area contributed by atoms with Gasteiger partial charge in [0.25, 0.3) is 0 Å². The van der Waals surface area contributed by atoms with Crippen LogP contribution in [0.1, 0.15) is 19.8 Å². The van der Waals surface area contributed by atoms with Crippen LogP contribution in [0.25, 0.3) is 0 Å². The zero-order valence-electron chi connectivity index (χ0n) is 8.36. The van der Waals surface area contributed by atoms with E-state index in [1.54, 1.807) is 0 Å².